The molecular formula is C20H30F2. The molecule has 0 saturated heterocycles. The van der Waals surface area contributed by atoms with Crippen molar-refractivity contribution in [2.24, 2.45) is 11.8 Å². The zero-order chi connectivity index (χ0) is 16.1. The van der Waals surface area contributed by atoms with Crippen molar-refractivity contribution >= 4 is 0 Å². The maximum Gasteiger partial charge on any atom is 0.129 e. The molecule has 2 rings (SSSR count). The first kappa shape index (κ1) is 17.4. The Bertz CT molecular complexity index is 444. The van der Waals surface area contributed by atoms with Gasteiger partial charge in [0.1, 0.15) is 11.6 Å². The molecule has 0 amide bonds. The Kier molecular flexibility index (Phi) is 6.40. The number of hydrogen-bond acceptors (Lipinski definition) is 0. The monoisotopic (exact) mass is 308 g/mol. The summed E-state index contributed by atoms with van der Waals surface area (Å²) in [5.74, 6) is 1.21. The van der Waals surface area contributed by atoms with Crippen molar-refractivity contribution < 1.29 is 8.78 Å². The topological polar surface area (TPSA) is 0 Å². The fraction of sp³-hybridized carbons (Fsp3) is 0.700. The summed E-state index contributed by atoms with van der Waals surface area (Å²) in [7, 11) is 0. The zero-order valence-corrected chi connectivity index (χ0v) is 14.3. The molecule has 1 aromatic rings. The van der Waals surface area contributed by atoms with Gasteiger partial charge in [0.2, 0.25) is 0 Å². The van der Waals surface area contributed by atoms with E-state index >= 15 is 0 Å². The molecular weight excluding hydrogens is 278 g/mol. The molecule has 2 heteroatoms. The quantitative estimate of drug-likeness (QED) is 0.544. The average molecular weight is 308 g/mol. The van der Waals surface area contributed by atoms with E-state index in [-0.39, 0.29) is 5.56 Å². The van der Waals surface area contributed by atoms with Crippen LogP contribution in [0.4, 0.5) is 8.78 Å². The number of benzene rings is 1. The van der Waals surface area contributed by atoms with E-state index in [0.29, 0.717) is 5.92 Å². The maximum atomic E-state index is 13.8. The van der Waals surface area contributed by atoms with Crippen LogP contribution in [-0.2, 0) is 0 Å². The van der Waals surface area contributed by atoms with Crippen LogP contribution in [0.15, 0.2) is 12.1 Å². The highest BCUT2D eigenvalue weighted by Gasteiger charge is 2.28. The third-order valence-corrected chi connectivity index (χ3v) is 5.53. The molecule has 1 aliphatic carbocycles. The van der Waals surface area contributed by atoms with Gasteiger partial charge in [-0.25, -0.2) is 8.78 Å². The molecule has 0 heterocycles. The van der Waals surface area contributed by atoms with Gasteiger partial charge in [-0.1, -0.05) is 39.5 Å². The first-order valence-electron chi connectivity index (χ1n) is 9.02. The molecule has 1 saturated carbocycles. The molecule has 0 aromatic heterocycles. The lowest BCUT2D eigenvalue weighted by Gasteiger charge is -2.34. The summed E-state index contributed by atoms with van der Waals surface area (Å²) in [5, 5.41) is 0. The summed E-state index contributed by atoms with van der Waals surface area (Å²) in [6.07, 6.45) is 9.78. The van der Waals surface area contributed by atoms with Crippen LogP contribution in [0.2, 0.25) is 0 Å². The average Bonchev–Trinajstić information content (AvgIpc) is 2.52. The van der Waals surface area contributed by atoms with Crippen LogP contribution in [0.1, 0.15) is 82.3 Å². The van der Waals surface area contributed by atoms with Crippen molar-refractivity contribution in [2.45, 2.75) is 78.1 Å². The van der Waals surface area contributed by atoms with E-state index in [1.54, 1.807) is 12.1 Å². The highest BCUT2D eigenvalue weighted by molar-refractivity contribution is 5.28. The first-order chi connectivity index (χ1) is 10.6. The molecule has 124 valence electrons. The van der Waals surface area contributed by atoms with Crippen LogP contribution < -0.4 is 0 Å². The molecule has 1 aliphatic rings. The van der Waals surface area contributed by atoms with Gasteiger partial charge in [-0.2, -0.15) is 0 Å². The second-order valence-corrected chi connectivity index (χ2v) is 7.06. The van der Waals surface area contributed by atoms with E-state index in [2.05, 4.69) is 13.8 Å². The Hall–Kier alpha value is -0.920. The van der Waals surface area contributed by atoms with E-state index in [0.717, 1.165) is 30.2 Å². The second kappa shape index (κ2) is 8.08. The summed E-state index contributed by atoms with van der Waals surface area (Å²) >= 11 is 0. The van der Waals surface area contributed by atoms with E-state index in [9.17, 15) is 8.78 Å². The van der Waals surface area contributed by atoms with Crippen LogP contribution in [0.25, 0.3) is 0 Å². The highest BCUT2D eigenvalue weighted by atomic mass is 19.1. The van der Waals surface area contributed by atoms with Crippen molar-refractivity contribution in [2.75, 3.05) is 0 Å². The van der Waals surface area contributed by atoms with Gasteiger partial charge in [0.25, 0.3) is 0 Å². The standard InChI is InChI=1S/C20H30F2/c1-4-6-15(7-5-2)16-8-10-17(11-9-16)18-12-19(21)14(3)20(22)13-18/h12-13,15-17H,4-11H2,1-3H3. The molecule has 1 aromatic carbocycles. The van der Waals surface area contributed by atoms with Gasteiger partial charge in [-0.05, 0) is 68.1 Å². The van der Waals surface area contributed by atoms with Gasteiger partial charge >= 0.3 is 0 Å². The van der Waals surface area contributed by atoms with E-state index in [4.69, 9.17) is 0 Å². The van der Waals surface area contributed by atoms with Gasteiger partial charge in [-0.3, -0.25) is 0 Å². The van der Waals surface area contributed by atoms with Crippen molar-refractivity contribution in [3.05, 3.63) is 34.9 Å². The maximum absolute atomic E-state index is 13.8. The minimum Gasteiger partial charge on any atom is -0.207 e. The van der Waals surface area contributed by atoms with Gasteiger partial charge in [0, 0.05) is 5.56 Å². The van der Waals surface area contributed by atoms with Gasteiger partial charge < -0.3 is 0 Å². The van der Waals surface area contributed by atoms with E-state index in [1.165, 1.54) is 45.4 Å². The minimum atomic E-state index is -0.396. The van der Waals surface area contributed by atoms with Crippen LogP contribution in [0, 0.1) is 30.4 Å². The van der Waals surface area contributed by atoms with Crippen LogP contribution in [0.3, 0.4) is 0 Å². The van der Waals surface area contributed by atoms with Gasteiger partial charge in [0.15, 0.2) is 0 Å². The summed E-state index contributed by atoms with van der Waals surface area (Å²) in [6.45, 7) is 6.05. The lowest BCUT2D eigenvalue weighted by Crippen LogP contribution is -2.21. The normalized spacial score (nSPS) is 22.3. The van der Waals surface area contributed by atoms with Crippen LogP contribution in [0.5, 0.6) is 0 Å². The summed E-state index contributed by atoms with van der Waals surface area (Å²) < 4.78 is 27.5. The molecule has 0 aliphatic heterocycles. The number of rotatable bonds is 6. The lowest BCUT2D eigenvalue weighted by molar-refractivity contribution is 0.208. The Labute approximate surface area is 134 Å². The number of halogens is 2. The lowest BCUT2D eigenvalue weighted by atomic mass is 9.71. The molecule has 0 nitrogen and oxygen atoms in total. The van der Waals surface area contributed by atoms with Crippen molar-refractivity contribution in [1.29, 1.82) is 0 Å². The predicted molar refractivity (Wildman–Crippen MR) is 89.1 cm³/mol. The van der Waals surface area contributed by atoms with Crippen LogP contribution in [-0.4, -0.2) is 0 Å². The SMILES string of the molecule is CCCC(CCC)C1CCC(c2cc(F)c(C)c(F)c2)CC1. The molecule has 0 bridgehead atoms. The molecule has 0 unspecified atom stereocenters. The predicted octanol–water partition coefficient (Wildman–Crippen LogP) is 6.76. The van der Waals surface area contributed by atoms with Gasteiger partial charge in [-0.15, -0.1) is 0 Å². The molecule has 0 N–H and O–H groups in total. The molecule has 0 spiro atoms. The minimum absolute atomic E-state index is 0.142. The van der Waals surface area contributed by atoms with E-state index in [1.807, 2.05) is 0 Å². The summed E-state index contributed by atoms with van der Waals surface area (Å²) in [5.41, 5.74) is 1.00. The smallest absolute Gasteiger partial charge is 0.129 e. The molecule has 22 heavy (non-hydrogen) atoms. The zero-order valence-electron chi connectivity index (χ0n) is 14.3. The van der Waals surface area contributed by atoms with E-state index < -0.39 is 11.6 Å². The van der Waals surface area contributed by atoms with Crippen molar-refractivity contribution in [3.63, 3.8) is 0 Å². The van der Waals surface area contributed by atoms with Crippen molar-refractivity contribution in [1.82, 2.24) is 0 Å². The number of hydrogen-bond donors (Lipinski definition) is 0. The van der Waals surface area contributed by atoms with Gasteiger partial charge in [0.05, 0.1) is 0 Å². The molecule has 0 radical (unpaired) electrons. The van der Waals surface area contributed by atoms with Crippen molar-refractivity contribution in [3.8, 4) is 0 Å². The summed E-state index contributed by atoms with van der Waals surface area (Å²) in [6, 6.07) is 3.11. The first-order valence-corrected chi connectivity index (χ1v) is 9.02. The highest BCUT2D eigenvalue weighted by Crippen LogP contribution is 2.41. The Morgan fingerprint density at radius 1 is 0.955 bits per heavy atom. The molecule has 1 fully saturated rings. The fourth-order valence-electron chi connectivity index (χ4n) is 4.18. The Morgan fingerprint density at radius 2 is 1.45 bits per heavy atom. The Balaban J connectivity index is 1.99. The summed E-state index contributed by atoms with van der Waals surface area (Å²) in [4.78, 5) is 0. The Morgan fingerprint density at radius 3 is 1.91 bits per heavy atom. The largest absolute Gasteiger partial charge is 0.207 e. The van der Waals surface area contributed by atoms with Crippen LogP contribution >= 0.6 is 0 Å². The third-order valence-electron chi connectivity index (χ3n) is 5.53. The third kappa shape index (κ3) is 4.08. The second-order valence-electron chi connectivity index (χ2n) is 7.06. The molecule has 0 atom stereocenters. The fourth-order valence-corrected chi connectivity index (χ4v) is 4.18.